The Morgan fingerprint density at radius 1 is 0.448 bits per heavy atom. The number of likely N-dealkylation sites (tertiary alicyclic amines) is 1. The van der Waals surface area contributed by atoms with E-state index < -0.39 is 0 Å². The molecule has 10 heteroatoms. The van der Waals surface area contributed by atoms with Gasteiger partial charge in [-0.15, -0.1) is 39.1 Å². The summed E-state index contributed by atoms with van der Waals surface area (Å²) in [4.78, 5) is 19.1. The molecule has 6 rings (SSSR count). The highest BCUT2D eigenvalue weighted by Crippen LogP contribution is 2.43. The molecule has 0 radical (unpaired) electrons. The molecule has 1 saturated heterocycles. The lowest BCUT2D eigenvalue weighted by Crippen LogP contribution is -2.46. The zero-order valence-corrected chi connectivity index (χ0v) is 65.5. The summed E-state index contributed by atoms with van der Waals surface area (Å²) in [6, 6.07) is 0. The fraction of sp³-hybridized carbons (Fsp3) is 0.857. The molecule has 1 aliphatic carbocycles. The van der Waals surface area contributed by atoms with Crippen molar-refractivity contribution in [1.29, 1.82) is 0 Å². The average Bonchev–Trinajstić information content (AvgIpc) is 2.97. The van der Waals surface area contributed by atoms with Gasteiger partial charge in [0.25, 0.3) is 0 Å². The molecule has 2 aliphatic rings. The Bertz CT molecular complexity index is 2220. The summed E-state index contributed by atoms with van der Waals surface area (Å²) >= 11 is 5.48. The summed E-state index contributed by atoms with van der Waals surface area (Å²) in [5.74, 6) is 2.93. The van der Waals surface area contributed by atoms with Gasteiger partial charge >= 0.3 is 0 Å². The first-order valence-electron chi connectivity index (χ1n) is 33.2. The van der Waals surface area contributed by atoms with E-state index in [0.717, 1.165) is 42.7 Å². The second kappa shape index (κ2) is 33.7. The molecule has 0 atom stereocenters. The predicted molar refractivity (Wildman–Crippen MR) is 396 cm³/mol. The fourth-order valence-electron chi connectivity index (χ4n) is 10.4. The highest BCUT2D eigenvalue weighted by Gasteiger charge is 2.32. The normalized spacial score (nSPS) is 17.2. The summed E-state index contributed by atoms with van der Waals surface area (Å²) in [5, 5.41) is 14.2. The van der Waals surface area contributed by atoms with Gasteiger partial charge in [0.1, 0.15) is 0 Å². The lowest BCUT2D eigenvalue weighted by molar-refractivity contribution is 0.0757. The Morgan fingerprint density at radius 2 is 0.897 bits per heavy atom. The molecule has 0 N–H and O–H groups in total. The van der Waals surface area contributed by atoms with E-state index in [1.807, 2.05) is 45.9 Å². The van der Waals surface area contributed by atoms with Crippen molar-refractivity contribution in [2.45, 2.75) is 367 Å². The molecule has 5 heterocycles. The van der Waals surface area contributed by atoms with Crippen LogP contribution in [0, 0.1) is 50.2 Å². The zero-order valence-electron chi connectivity index (χ0n) is 63.1. The topological polar surface area (TPSA) is 72.6 Å². The van der Waals surface area contributed by atoms with Crippen molar-refractivity contribution in [3.63, 3.8) is 0 Å². The van der Waals surface area contributed by atoms with Crippen molar-refractivity contribution in [2.24, 2.45) is 50.2 Å². The van der Waals surface area contributed by atoms with E-state index in [1.54, 1.807) is 11.3 Å². The van der Waals surface area contributed by atoms with E-state index in [0.29, 0.717) is 32.6 Å². The summed E-state index contributed by atoms with van der Waals surface area (Å²) in [6.07, 6.45) is 20.8. The van der Waals surface area contributed by atoms with Crippen LogP contribution in [0.15, 0.2) is 24.0 Å². The number of hydrogen-bond acceptors (Lipinski definition) is 9. The lowest BCUT2D eigenvalue weighted by atomic mass is 9.67. The number of hydrogen-bond donors (Lipinski definition) is 0. The summed E-state index contributed by atoms with van der Waals surface area (Å²) in [5.41, 5.74) is 6.04. The molecule has 1 saturated carbocycles. The molecule has 0 unspecified atom stereocenters. The van der Waals surface area contributed by atoms with Crippen LogP contribution in [0.5, 0.6) is 0 Å². The van der Waals surface area contributed by atoms with E-state index in [1.165, 1.54) is 94.9 Å². The van der Waals surface area contributed by atoms with E-state index in [4.69, 9.17) is 0 Å². The van der Waals surface area contributed by atoms with Gasteiger partial charge in [0.15, 0.2) is 0 Å². The standard InChI is InChI=1S/C15H30.C14H29N.2C12H21NS.C11H21N3.C11H19NS.2CH4/c1-14(2,3)11-12-7-9-13(10-8-12)15(4,5)6;1-13(2,3)11-12-7-9-15(10-8-12)14(4,5)6;1-11(2,3)7-10-13-8-9(14-10)12(4,5)6;1-11(2,3)7-9-8-13-10(14-9)12(4,5)6;1-10(2,3)7-9-8-14(13-12-9)11(4,5)6;1-10(2,3)8-7-13-9(12-8)11(4,5)6;;/h12-13H,7-11H2,1-6H3;12H,7-11H2,1-6H3;3*8H,7H2,1-6H3;7H,1-6H3;2*1H4. The number of thiazole rings is 3. The second-order valence-electron chi connectivity index (χ2n) is 39.0. The summed E-state index contributed by atoms with van der Waals surface area (Å²) in [7, 11) is 0. The van der Waals surface area contributed by atoms with Crippen molar-refractivity contribution in [2.75, 3.05) is 13.1 Å². The SMILES string of the molecule is C.C.CC(C)(C)CC1CCC(C(C)(C)C)CC1.CC(C)(C)CC1CCN(C(C)(C)C)CC1.CC(C)(C)Cc1cn(C(C)(C)C)nn1.CC(C)(C)Cc1cnc(C(C)(C)C)s1.CC(C)(C)Cc1ncc(C(C)(C)C)s1.CC(C)(C)c1csc(C(C)(C)C)n1. The summed E-state index contributed by atoms with van der Waals surface area (Å²) in [6.45, 7) is 84.2. The first-order chi connectivity index (χ1) is 37.6. The Hall–Kier alpha value is -2.01. The highest BCUT2D eigenvalue weighted by molar-refractivity contribution is 7.12. The van der Waals surface area contributed by atoms with Crippen LogP contribution in [0.3, 0.4) is 0 Å². The Kier molecular flexibility index (Phi) is 33.7. The number of nitrogens with zero attached hydrogens (tertiary/aromatic N) is 7. The molecule has 0 bridgehead atoms. The van der Waals surface area contributed by atoms with Gasteiger partial charge in [0.05, 0.1) is 31.9 Å². The Morgan fingerprint density at radius 3 is 1.21 bits per heavy atom. The van der Waals surface area contributed by atoms with E-state index >= 15 is 0 Å². The van der Waals surface area contributed by atoms with Crippen LogP contribution in [-0.2, 0) is 46.5 Å². The highest BCUT2D eigenvalue weighted by atomic mass is 32.1. The molecule has 510 valence electrons. The van der Waals surface area contributed by atoms with E-state index in [2.05, 4.69) is 285 Å². The van der Waals surface area contributed by atoms with Gasteiger partial charge in [-0.3, -0.25) is 4.90 Å². The fourth-order valence-corrected chi connectivity index (χ4v) is 14.1. The Labute approximate surface area is 556 Å². The molecule has 4 aromatic heterocycles. The maximum absolute atomic E-state index is 4.67. The largest absolute Gasteiger partial charge is 0.298 e. The van der Waals surface area contributed by atoms with Crippen LogP contribution in [0.1, 0.15) is 352 Å². The molecule has 0 aromatic carbocycles. The van der Waals surface area contributed by atoms with Crippen LogP contribution in [-0.4, -0.2) is 53.5 Å². The minimum absolute atomic E-state index is 0. The first-order valence-corrected chi connectivity index (χ1v) is 35.7. The Balaban J connectivity index is 0. The van der Waals surface area contributed by atoms with Gasteiger partial charge in [0, 0.05) is 61.9 Å². The molecule has 2 fully saturated rings. The monoisotopic (exact) mass is 1270 g/mol. The van der Waals surface area contributed by atoms with Crippen LogP contribution in [0.25, 0.3) is 0 Å². The molecular formula is C77H149N7S3. The van der Waals surface area contributed by atoms with Crippen LogP contribution < -0.4 is 0 Å². The lowest BCUT2D eigenvalue weighted by Gasteiger charge is -2.42. The van der Waals surface area contributed by atoms with E-state index in [9.17, 15) is 0 Å². The molecular weight excluding hydrogens is 1120 g/mol. The van der Waals surface area contributed by atoms with Crippen molar-refractivity contribution < 1.29 is 0 Å². The summed E-state index contributed by atoms with van der Waals surface area (Å²) < 4.78 is 1.92. The maximum Gasteiger partial charge on any atom is 0.0982 e. The van der Waals surface area contributed by atoms with Crippen molar-refractivity contribution in [1.82, 2.24) is 34.8 Å². The van der Waals surface area contributed by atoms with Gasteiger partial charge in [-0.1, -0.05) is 241 Å². The van der Waals surface area contributed by atoms with Crippen LogP contribution in [0.2, 0.25) is 0 Å². The molecule has 4 aromatic rings. The third kappa shape index (κ3) is 38.6. The third-order valence-corrected chi connectivity index (χ3v) is 19.3. The van der Waals surface area contributed by atoms with Gasteiger partial charge in [-0.25, -0.2) is 19.6 Å². The third-order valence-electron chi connectivity index (χ3n) is 15.2. The maximum atomic E-state index is 4.67. The van der Waals surface area contributed by atoms with Crippen LogP contribution >= 0.6 is 34.0 Å². The minimum atomic E-state index is 0. The minimum Gasteiger partial charge on any atom is -0.298 e. The second-order valence-corrected chi connectivity index (χ2v) is 42.1. The quantitative estimate of drug-likeness (QED) is 0.198. The molecule has 0 amide bonds. The molecule has 87 heavy (non-hydrogen) atoms. The van der Waals surface area contributed by atoms with Gasteiger partial charge < -0.3 is 0 Å². The number of aromatic nitrogens is 6. The van der Waals surface area contributed by atoms with Gasteiger partial charge in [-0.2, -0.15) is 0 Å². The first kappa shape index (κ1) is 87.1. The average molecular weight is 1270 g/mol. The zero-order chi connectivity index (χ0) is 66.6. The molecule has 1 aliphatic heterocycles. The molecule has 7 nitrogen and oxygen atoms in total. The predicted octanol–water partition coefficient (Wildman–Crippen LogP) is 24.9. The van der Waals surface area contributed by atoms with Crippen molar-refractivity contribution in [3.05, 3.63) is 60.1 Å². The number of rotatable bonds is 5. The van der Waals surface area contributed by atoms with Crippen molar-refractivity contribution >= 4 is 34.0 Å². The molecule has 0 spiro atoms. The van der Waals surface area contributed by atoms with Gasteiger partial charge in [0.2, 0.25) is 0 Å². The van der Waals surface area contributed by atoms with Gasteiger partial charge in [-0.05, 0) is 162 Å². The van der Waals surface area contributed by atoms with E-state index in [-0.39, 0.29) is 47.5 Å². The number of piperidine rings is 1. The van der Waals surface area contributed by atoms with Crippen LogP contribution in [0.4, 0.5) is 0 Å². The van der Waals surface area contributed by atoms with Crippen molar-refractivity contribution in [3.8, 4) is 0 Å². The smallest absolute Gasteiger partial charge is 0.0982 e.